The molecular weight excluding hydrogens is 419 g/mol. The third-order valence-electron chi connectivity index (χ3n) is 5.82. The van der Waals surface area contributed by atoms with E-state index in [1.807, 2.05) is 13.8 Å². The first-order valence-corrected chi connectivity index (χ1v) is 12.2. The number of aromatic nitrogens is 3. The molecule has 164 valence electrons. The number of aryl methyl sites for hydroxylation is 1. The number of carbonyl (C=O) groups excluding carboxylic acids is 1. The van der Waals surface area contributed by atoms with Crippen molar-refractivity contribution in [3.05, 3.63) is 47.4 Å². The molecule has 0 spiro atoms. The Morgan fingerprint density at radius 3 is 2.58 bits per heavy atom. The van der Waals surface area contributed by atoms with E-state index < -0.39 is 15.7 Å². The molecule has 1 aromatic carbocycles. The maximum atomic E-state index is 14.6. The number of sulfone groups is 1. The predicted molar refractivity (Wildman–Crippen MR) is 117 cm³/mol. The van der Waals surface area contributed by atoms with E-state index in [4.69, 9.17) is 0 Å². The summed E-state index contributed by atoms with van der Waals surface area (Å²) in [7, 11) is -3.14. The molecule has 9 heteroatoms. The highest BCUT2D eigenvalue weighted by Crippen LogP contribution is 2.33. The molecule has 0 bridgehead atoms. The van der Waals surface area contributed by atoms with Crippen LogP contribution in [0.4, 0.5) is 4.39 Å². The Labute approximate surface area is 180 Å². The lowest BCUT2D eigenvalue weighted by molar-refractivity contribution is 0.0775. The van der Waals surface area contributed by atoms with Gasteiger partial charge in [0.15, 0.2) is 15.5 Å². The molecule has 1 atom stereocenters. The molecular formula is C22H25FN4O3S. The highest BCUT2D eigenvalue weighted by atomic mass is 32.2. The molecule has 1 aliphatic heterocycles. The number of pyridine rings is 1. The lowest BCUT2D eigenvalue weighted by Crippen LogP contribution is -2.30. The molecule has 1 unspecified atom stereocenters. The first-order valence-electron chi connectivity index (χ1n) is 10.4. The molecule has 0 radical (unpaired) electrons. The Morgan fingerprint density at radius 1 is 1.26 bits per heavy atom. The van der Waals surface area contributed by atoms with Crippen LogP contribution in [0.1, 0.15) is 42.4 Å². The van der Waals surface area contributed by atoms with Gasteiger partial charge in [0.05, 0.1) is 39.9 Å². The van der Waals surface area contributed by atoms with Crippen LogP contribution in [-0.4, -0.2) is 58.6 Å². The van der Waals surface area contributed by atoms with Gasteiger partial charge in [-0.25, -0.2) is 22.5 Å². The monoisotopic (exact) mass is 444 g/mol. The van der Waals surface area contributed by atoms with Gasteiger partial charge < -0.3 is 4.90 Å². The minimum Gasteiger partial charge on any atom is -0.339 e. The van der Waals surface area contributed by atoms with Crippen LogP contribution in [0.2, 0.25) is 0 Å². The van der Waals surface area contributed by atoms with Crippen molar-refractivity contribution in [1.29, 1.82) is 0 Å². The lowest BCUT2D eigenvalue weighted by Gasteiger charge is -2.20. The molecule has 7 nitrogen and oxygen atoms in total. The number of amides is 1. The van der Waals surface area contributed by atoms with E-state index in [-0.39, 0.29) is 29.0 Å². The summed E-state index contributed by atoms with van der Waals surface area (Å²) in [4.78, 5) is 19.7. The first kappa shape index (κ1) is 21.4. The average Bonchev–Trinajstić information content (AvgIpc) is 3.27. The fourth-order valence-electron chi connectivity index (χ4n) is 4.19. The Kier molecular flexibility index (Phi) is 5.55. The van der Waals surface area contributed by atoms with E-state index in [9.17, 15) is 17.6 Å². The van der Waals surface area contributed by atoms with Gasteiger partial charge >= 0.3 is 0 Å². The van der Waals surface area contributed by atoms with Crippen LogP contribution in [0.3, 0.4) is 0 Å². The van der Waals surface area contributed by atoms with Gasteiger partial charge in [-0.15, -0.1) is 0 Å². The minimum absolute atomic E-state index is 0.0197. The quantitative estimate of drug-likeness (QED) is 0.602. The van der Waals surface area contributed by atoms with E-state index in [1.54, 1.807) is 40.8 Å². The lowest BCUT2D eigenvalue weighted by atomic mass is 10.0. The van der Waals surface area contributed by atoms with Crippen molar-refractivity contribution in [3.63, 3.8) is 0 Å². The molecule has 1 aliphatic rings. The van der Waals surface area contributed by atoms with Gasteiger partial charge in [-0.1, -0.05) is 12.1 Å². The van der Waals surface area contributed by atoms with Gasteiger partial charge in [-0.3, -0.25) is 4.79 Å². The summed E-state index contributed by atoms with van der Waals surface area (Å²) in [6.45, 7) is 6.64. The van der Waals surface area contributed by atoms with Gasteiger partial charge in [0, 0.05) is 18.7 Å². The zero-order valence-electron chi connectivity index (χ0n) is 17.8. The first-order chi connectivity index (χ1) is 14.8. The number of fused-ring (bicyclic) bond motifs is 1. The second-order valence-electron chi connectivity index (χ2n) is 7.80. The average molecular weight is 445 g/mol. The van der Waals surface area contributed by atoms with Gasteiger partial charge in [0.25, 0.3) is 5.91 Å². The minimum atomic E-state index is -3.14. The molecule has 31 heavy (non-hydrogen) atoms. The number of hydrogen-bond acceptors (Lipinski definition) is 5. The number of carbonyl (C=O) groups is 1. The number of hydrogen-bond donors (Lipinski definition) is 0. The second kappa shape index (κ2) is 8.03. The van der Waals surface area contributed by atoms with E-state index in [0.717, 1.165) is 0 Å². The highest BCUT2D eigenvalue weighted by Gasteiger charge is 2.33. The summed E-state index contributed by atoms with van der Waals surface area (Å²) in [5.41, 5.74) is 2.01. The number of halogens is 1. The van der Waals surface area contributed by atoms with E-state index >= 15 is 0 Å². The summed E-state index contributed by atoms with van der Waals surface area (Å²) < 4.78 is 40.3. The summed E-state index contributed by atoms with van der Waals surface area (Å²) in [5.74, 6) is -0.553. The van der Waals surface area contributed by atoms with Crippen LogP contribution < -0.4 is 0 Å². The fraction of sp³-hybridized carbons (Fsp3) is 0.409. The van der Waals surface area contributed by atoms with Crippen molar-refractivity contribution in [2.45, 2.75) is 33.2 Å². The molecule has 3 heterocycles. The zero-order chi connectivity index (χ0) is 22.3. The van der Waals surface area contributed by atoms with Crippen molar-refractivity contribution in [2.75, 3.05) is 24.6 Å². The smallest absolute Gasteiger partial charge is 0.254 e. The standard InChI is InChI=1S/C22H25FN4O3S/c1-4-26(5-2)22(28)17-12-19(16-8-6-7-9-18(16)23)24-21-20(17)14(3)25-27(21)15-10-11-31(29,30)13-15/h6-9,12,15H,4-5,10-11,13H2,1-3H3. The number of nitrogens with zero attached hydrogens (tertiary/aromatic N) is 4. The molecule has 1 saturated heterocycles. The molecule has 4 rings (SSSR count). The van der Waals surface area contributed by atoms with Crippen LogP contribution in [0.15, 0.2) is 30.3 Å². The largest absolute Gasteiger partial charge is 0.339 e. The Morgan fingerprint density at radius 2 is 1.97 bits per heavy atom. The summed E-state index contributed by atoms with van der Waals surface area (Å²) in [6, 6.07) is 7.52. The Balaban J connectivity index is 1.99. The van der Waals surface area contributed by atoms with Gasteiger partial charge in [0.1, 0.15) is 5.82 Å². The maximum absolute atomic E-state index is 14.6. The summed E-state index contributed by atoms with van der Waals surface area (Å²) >= 11 is 0. The van der Waals surface area contributed by atoms with E-state index in [0.29, 0.717) is 47.5 Å². The number of benzene rings is 1. The van der Waals surface area contributed by atoms with Gasteiger partial charge in [0.2, 0.25) is 0 Å². The SMILES string of the molecule is CCN(CC)C(=O)c1cc(-c2ccccc2F)nc2c1c(C)nn2C1CCS(=O)(=O)C1. The van der Waals surface area contributed by atoms with Crippen LogP contribution in [-0.2, 0) is 9.84 Å². The fourth-order valence-corrected chi connectivity index (χ4v) is 5.88. The van der Waals surface area contributed by atoms with Crippen LogP contribution in [0, 0.1) is 12.7 Å². The molecule has 1 fully saturated rings. The maximum Gasteiger partial charge on any atom is 0.254 e. The third kappa shape index (κ3) is 3.82. The topological polar surface area (TPSA) is 85.2 Å². The second-order valence-corrected chi connectivity index (χ2v) is 10.0. The van der Waals surface area contributed by atoms with Crippen molar-refractivity contribution in [3.8, 4) is 11.3 Å². The predicted octanol–water partition coefficient (Wildman–Crippen LogP) is 3.39. The third-order valence-corrected chi connectivity index (χ3v) is 7.57. The molecule has 0 N–H and O–H groups in total. The van der Waals surface area contributed by atoms with Gasteiger partial charge in [-0.05, 0) is 45.4 Å². The Bertz CT molecular complexity index is 1270. The molecule has 1 amide bonds. The van der Waals surface area contributed by atoms with Crippen molar-refractivity contribution in [1.82, 2.24) is 19.7 Å². The Hall–Kier alpha value is -2.81. The number of rotatable bonds is 5. The summed E-state index contributed by atoms with van der Waals surface area (Å²) in [6.07, 6.45) is 0.434. The molecule has 0 saturated carbocycles. The van der Waals surface area contributed by atoms with E-state index in [1.165, 1.54) is 6.07 Å². The van der Waals surface area contributed by atoms with Crippen molar-refractivity contribution < 1.29 is 17.6 Å². The highest BCUT2D eigenvalue weighted by molar-refractivity contribution is 7.91. The van der Waals surface area contributed by atoms with Crippen molar-refractivity contribution >= 4 is 26.8 Å². The van der Waals surface area contributed by atoms with Crippen LogP contribution in [0.25, 0.3) is 22.3 Å². The molecule has 0 aliphatic carbocycles. The molecule has 2 aromatic heterocycles. The van der Waals surface area contributed by atoms with Gasteiger partial charge in [-0.2, -0.15) is 5.10 Å². The zero-order valence-corrected chi connectivity index (χ0v) is 18.6. The van der Waals surface area contributed by atoms with E-state index in [2.05, 4.69) is 10.1 Å². The van der Waals surface area contributed by atoms with Crippen LogP contribution in [0.5, 0.6) is 0 Å². The van der Waals surface area contributed by atoms with Crippen LogP contribution >= 0.6 is 0 Å². The molecule has 3 aromatic rings. The normalized spacial score (nSPS) is 17.9. The summed E-state index contributed by atoms with van der Waals surface area (Å²) in [5, 5.41) is 5.16. The van der Waals surface area contributed by atoms with Crippen molar-refractivity contribution in [2.24, 2.45) is 0 Å².